The second-order valence-corrected chi connectivity index (χ2v) is 3.87. The molecule has 0 radical (unpaired) electrons. The third kappa shape index (κ3) is 2.23. The molecule has 0 unspecified atom stereocenters. The molecule has 0 aliphatic rings. The van der Waals surface area contributed by atoms with E-state index in [1.807, 2.05) is 42.5 Å². The summed E-state index contributed by atoms with van der Waals surface area (Å²) in [4.78, 5) is 0. The summed E-state index contributed by atoms with van der Waals surface area (Å²) in [6.45, 7) is 3.80. The van der Waals surface area contributed by atoms with Crippen molar-refractivity contribution in [1.29, 1.82) is 0 Å². The Hall–Kier alpha value is -2.22. The molecule has 2 aromatic rings. The van der Waals surface area contributed by atoms with Crippen molar-refractivity contribution < 1.29 is 9.47 Å². The van der Waals surface area contributed by atoms with E-state index in [0.29, 0.717) is 5.75 Å². The van der Waals surface area contributed by atoms with E-state index in [2.05, 4.69) is 6.58 Å². The summed E-state index contributed by atoms with van der Waals surface area (Å²) in [5, 5.41) is 0. The van der Waals surface area contributed by atoms with Gasteiger partial charge in [-0.25, -0.2) is 0 Å². The minimum Gasteiger partial charge on any atom is -0.493 e. The number of benzene rings is 2. The monoisotopic (exact) mass is 240 g/mol. The molecule has 18 heavy (non-hydrogen) atoms. The molecule has 0 fully saturated rings. The van der Waals surface area contributed by atoms with Crippen LogP contribution in [0.15, 0.2) is 49.0 Å². The highest BCUT2D eigenvalue weighted by atomic mass is 16.5. The fraction of sp³-hybridized carbons (Fsp3) is 0.125. The lowest BCUT2D eigenvalue weighted by atomic mass is 10.0. The van der Waals surface area contributed by atoms with E-state index in [0.717, 1.165) is 22.4 Å². The van der Waals surface area contributed by atoms with Crippen LogP contribution < -0.4 is 9.47 Å². The second-order valence-electron chi connectivity index (χ2n) is 3.87. The van der Waals surface area contributed by atoms with Gasteiger partial charge < -0.3 is 9.47 Å². The Labute approximate surface area is 107 Å². The van der Waals surface area contributed by atoms with Crippen LogP contribution in [0.3, 0.4) is 0 Å². The zero-order valence-electron chi connectivity index (χ0n) is 10.6. The third-order valence-electron chi connectivity index (χ3n) is 2.82. The lowest BCUT2D eigenvalue weighted by Crippen LogP contribution is -1.94. The molecule has 2 heteroatoms. The van der Waals surface area contributed by atoms with Crippen LogP contribution in [0.1, 0.15) is 5.56 Å². The maximum absolute atomic E-state index is 5.46. The van der Waals surface area contributed by atoms with Crippen LogP contribution in [0.2, 0.25) is 0 Å². The minimum atomic E-state index is 0.716. The zero-order valence-corrected chi connectivity index (χ0v) is 10.6. The molecule has 0 heterocycles. The molecule has 0 N–H and O–H groups in total. The summed E-state index contributed by atoms with van der Waals surface area (Å²) in [6, 6.07) is 14.0. The molecule has 0 aromatic heterocycles. The standard InChI is InChI=1S/C16H16O2/c1-4-12-10-14(13-8-6-5-7-9-13)16(18-3)15(11-12)17-2/h4-11H,1H2,2-3H3. The van der Waals surface area contributed by atoms with Crippen LogP contribution in [0, 0.1) is 0 Å². The normalized spacial score (nSPS) is 9.89. The van der Waals surface area contributed by atoms with Gasteiger partial charge in [0, 0.05) is 5.56 Å². The summed E-state index contributed by atoms with van der Waals surface area (Å²) in [5.74, 6) is 1.46. The predicted octanol–water partition coefficient (Wildman–Crippen LogP) is 4.01. The minimum absolute atomic E-state index is 0.716. The van der Waals surface area contributed by atoms with Gasteiger partial charge in [0.05, 0.1) is 14.2 Å². The molecule has 0 bridgehead atoms. The predicted molar refractivity (Wildman–Crippen MR) is 75.1 cm³/mol. The molecule has 0 amide bonds. The van der Waals surface area contributed by atoms with E-state index in [1.165, 1.54) is 0 Å². The lowest BCUT2D eigenvalue weighted by molar-refractivity contribution is 0.356. The highest BCUT2D eigenvalue weighted by molar-refractivity contribution is 5.77. The molecule has 0 aliphatic carbocycles. The van der Waals surface area contributed by atoms with Crippen LogP contribution >= 0.6 is 0 Å². The lowest BCUT2D eigenvalue weighted by Gasteiger charge is -2.14. The van der Waals surface area contributed by atoms with Crippen molar-refractivity contribution in [3.63, 3.8) is 0 Å². The largest absolute Gasteiger partial charge is 0.493 e. The number of methoxy groups -OCH3 is 2. The zero-order chi connectivity index (χ0) is 13.0. The smallest absolute Gasteiger partial charge is 0.168 e. The highest BCUT2D eigenvalue weighted by Gasteiger charge is 2.12. The molecule has 92 valence electrons. The van der Waals surface area contributed by atoms with Crippen molar-refractivity contribution in [3.8, 4) is 22.6 Å². The SMILES string of the molecule is C=Cc1cc(OC)c(OC)c(-c2ccccc2)c1. The molecule has 0 aliphatic heterocycles. The number of hydrogen-bond donors (Lipinski definition) is 0. The van der Waals surface area contributed by atoms with Crippen LogP contribution in [-0.4, -0.2) is 14.2 Å². The number of ether oxygens (including phenoxy) is 2. The van der Waals surface area contributed by atoms with Crippen molar-refractivity contribution in [2.45, 2.75) is 0 Å². The Bertz CT molecular complexity index is 545. The third-order valence-corrected chi connectivity index (χ3v) is 2.82. The first-order valence-corrected chi connectivity index (χ1v) is 5.74. The van der Waals surface area contributed by atoms with Gasteiger partial charge in [-0.15, -0.1) is 0 Å². The van der Waals surface area contributed by atoms with Gasteiger partial charge in [0.25, 0.3) is 0 Å². The molecule has 2 aromatic carbocycles. The van der Waals surface area contributed by atoms with E-state index < -0.39 is 0 Å². The van der Waals surface area contributed by atoms with Crippen LogP contribution in [0.5, 0.6) is 11.5 Å². The van der Waals surface area contributed by atoms with E-state index in [1.54, 1.807) is 20.3 Å². The molecular weight excluding hydrogens is 224 g/mol. The van der Waals surface area contributed by atoms with Gasteiger partial charge in [-0.05, 0) is 23.3 Å². The quantitative estimate of drug-likeness (QED) is 0.803. The molecule has 0 saturated carbocycles. The average molecular weight is 240 g/mol. The fourth-order valence-corrected chi connectivity index (χ4v) is 1.94. The first-order valence-electron chi connectivity index (χ1n) is 5.74. The van der Waals surface area contributed by atoms with Gasteiger partial charge in [-0.3, -0.25) is 0 Å². The van der Waals surface area contributed by atoms with Gasteiger partial charge in [0.15, 0.2) is 11.5 Å². The number of rotatable bonds is 4. The van der Waals surface area contributed by atoms with Crippen LogP contribution in [0.25, 0.3) is 17.2 Å². The molecule has 2 rings (SSSR count). The summed E-state index contributed by atoms with van der Waals surface area (Å²) in [7, 11) is 3.29. The Morgan fingerprint density at radius 1 is 1.00 bits per heavy atom. The van der Waals surface area contributed by atoms with Gasteiger partial charge in [-0.1, -0.05) is 43.0 Å². The van der Waals surface area contributed by atoms with Crippen molar-refractivity contribution in [1.82, 2.24) is 0 Å². The van der Waals surface area contributed by atoms with Gasteiger partial charge in [-0.2, -0.15) is 0 Å². The molecule has 0 saturated heterocycles. The Balaban J connectivity index is 2.67. The summed E-state index contributed by atoms with van der Waals surface area (Å²) in [5.41, 5.74) is 3.11. The number of hydrogen-bond acceptors (Lipinski definition) is 2. The molecular formula is C16H16O2. The van der Waals surface area contributed by atoms with Gasteiger partial charge in [0.1, 0.15) is 0 Å². The van der Waals surface area contributed by atoms with Crippen LogP contribution in [-0.2, 0) is 0 Å². The first kappa shape index (κ1) is 12.2. The highest BCUT2D eigenvalue weighted by Crippen LogP contribution is 2.39. The Kier molecular flexibility index (Phi) is 3.68. The van der Waals surface area contributed by atoms with E-state index in [4.69, 9.17) is 9.47 Å². The fourth-order valence-electron chi connectivity index (χ4n) is 1.94. The average Bonchev–Trinajstić information content (AvgIpc) is 2.46. The second kappa shape index (κ2) is 5.41. The van der Waals surface area contributed by atoms with Crippen LogP contribution in [0.4, 0.5) is 0 Å². The van der Waals surface area contributed by atoms with E-state index in [9.17, 15) is 0 Å². The summed E-state index contributed by atoms with van der Waals surface area (Å²) in [6.07, 6.45) is 1.80. The Morgan fingerprint density at radius 2 is 1.72 bits per heavy atom. The van der Waals surface area contributed by atoms with Crippen molar-refractivity contribution in [2.24, 2.45) is 0 Å². The maximum Gasteiger partial charge on any atom is 0.168 e. The van der Waals surface area contributed by atoms with Gasteiger partial charge >= 0.3 is 0 Å². The first-order chi connectivity index (χ1) is 8.80. The maximum atomic E-state index is 5.46. The van der Waals surface area contributed by atoms with Crippen molar-refractivity contribution in [3.05, 3.63) is 54.6 Å². The van der Waals surface area contributed by atoms with E-state index in [-0.39, 0.29) is 0 Å². The Morgan fingerprint density at radius 3 is 2.28 bits per heavy atom. The molecule has 0 spiro atoms. The topological polar surface area (TPSA) is 18.5 Å². The van der Waals surface area contributed by atoms with E-state index >= 15 is 0 Å². The molecule has 0 atom stereocenters. The molecule has 2 nitrogen and oxygen atoms in total. The summed E-state index contributed by atoms with van der Waals surface area (Å²) < 4.78 is 10.8. The summed E-state index contributed by atoms with van der Waals surface area (Å²) >= 11 is 0. The van der Waals surface area contributed by atoms with Crippen molar-refractivity contribution >= 4 is 6.08 Å². The van der Waals surface area contributed by atoms with Crippen molar-refractivity contribution in [2.75, 3.05) is 14.2 Å². The van der Waals surface area contributed by atoms with Gasteiger partial charge in [0.2, 0.25) is 0 Å².